The van der Waals surface area contributed by atoms with E-state index in [9.17, 15) is 8.42 Å². The van der Waals surface area contributed by atoms with Crippen LogP contribution in [-0.2, 0) is 10.0 Å². The summed E-state index contributed by atoms with van der Waals surface area (Å²) in [5, 5.41) is 0. The Morgan fingerprint density at radius 3 is 2.25 bits per heavy atom. The first-order chi connectivity index (χ1) is 9.40. The summed E-state index contributed by atoms with van der Waals surface area (Å²) >= 11 is 6.75. The van der Waals surface area contributed by atoms with Gasteiger partial charge in [-0.15, -0.1) is 0 Å². The van der Waals surface area contributed by atoms with Crippen molar-refractivity contribution in [3.63, 3.8) is 0 Å². The van der Waals surface area contributed by atoms with Crippen molar-refractivity contribution in [3.05, 3.63) is 26.6 Å². The van der Waals surface area contributed by atoms with Gasteiger partial charge in [0.05, 0.1) is 4.90 Å². The minimum absolute atomic E-state index is 0.0643. The van der Waals surface area contributed by atoms with Gasteiger partial charge in [-0.3, -0.25) is 0 Å². The lowest BCUT2D eigenvalue weighted by atomic mass is 10.1. The molecule has 1 fully saturated rings. The second-order valence-electron chi connectivity index (χ2n) is 5.34. The fourth-order valence-corrected chi connectivity index (χ4v) is 5.50. The number of rotatable bonds is 3. The van der Waals surface area contributed by atoms with Crippen molar-refractivity contribution in [2.24, 2.45) is 0 Å². The predicted molar refractivity (Wildman–Crippen MR) is 88.4 cm³/mol. The molecule has 1 saturated carbocycles. The molecule has 0 spiro atoms. The quantitative estimate of drug-likeness (QED) is 0.725. The smallest absolute Gasteiger partial charge is 0.208 e. The molecule has 112 valence electrons. The van der Waals surface area contributed by atoms with Crippen molar-refractivity contribution < 1.29 is 8.42 Å². The lowest BCUT2D eigenvalue weighted by Crippen LogP contribution is -2.34. The molecular formula is C14H19Br2NO2S. The highest BCUT2D eigenvalue weighted by atomic mass is 79.9. The first-order valence-electron chi connectivity index (χ1n) is 6.88. The van der Waals surface area contributed by atoms with E-state index < -0.39 is 10.0 Å². The third-order valence-corrected chi connectivity index (χ3v) is 7.01. The topological polar surface area (TPSA) is 46.2 Å². The Labute approximate surface area is 137 Å². The monoisotopic (exact) mass is 423 g/mol. The van der Waals surface area contributed by atoms with E-state index in [4.69, 9.17) is 0 Å². The van der Waals surface area contributed by atoms with Gasteiger partial charge in [-0.2, -0.15) is 0 Å². The first kappa shape index (κ1) is 16.5. The van der Waals surface area contributed by atoms with Gasteiger partial charge < -0.3 is 0 Å². The molecule has 3 nitrogen and oxygen atoms in total. The average Bonchev–Trinajstić information content (AvgIpc) is 2.61. The molecule has 1 aromatic carbocycles. The standard InChI is InChI=1S/C14H19Br2NO2S/c1-10-8-13(16)14(9-12(10)15)20(18,19)17-11-6-4-2-3-5-7-11/h8-9,11,17H,2-7H2,1H3. The van der Waals surface area contributed by atoms with Gasteiger partial charge >= 0.3 is 0 Å². The van der Waals surface area contributed by atoms with Gasteiger partial charge in [-0.1, -0.05) is 41.6 Å². The zero-order valence-corrected chi connectivity index (χ0v) is 15.4. The Bertz CT molecular complexity index is 579. The van der Waals surface area contributed by atoms with Crippen LogP contribution in [-0.4, -0.2) is 14.5 Å². The molecule has 20 heavy (non-hydrogen) atoms. The molecule has 1 aromatic rings. The highest BCUT2D eigenvalue weighted by Gasteiger charge is 2.23. The predicted octanol–water partition coefficient (Wildman–Crippen LogP) is 4.52. The number of hydrogen-bond acceptors (Lipinski definition) is 2. The molecule has 0 atom stereocenters. The molecule has 2 rings (SSSR count). The minimum atomic E-state index is -3.47. The van der Waals surface area contributed by atoms with Crippen LogP contribution in [0.5, 0.6) is 0 Å². The average molecular weight is 425 g/mol. The van der Waals surface area contributed by atoms with Gasteiger partial charge in [-0.25, -0.2) is 13.1 Å². The maximum atomic E-state index is 12.5. The van der Waals surface area contributed by atoms with Crippen LogP contribution in [0.1, 0.15) is 44.1 Å². The fraction of sp³-hybridized carbons (Fsp3) is 0.571. The van der Waals surface area contributed by atoms with E-state index in [-0.39, 0.29) is 6.04 Å². The van der Waals surface area contributed by atoms with Gasteiger partial charge in [0.25, 0.3) is 0 Å². The Balaban J connectivity index is 2.23. The van der Waals surface area contributed by atoms with Gasteiger partial charge in [0.1, 0.15) is 0 Å². The summed E-state index contributed by atoms with van der Waals surface area (Å²) < 4.78 is 29.3. The Morgan fingerprint density at radius 1 is 1.05 bits per heavy atom. The van der Waals surface area contributed by atoms with Crippen LogP contribution >= 0.6 is 31.9 Å². The van der Waals surface area contributed by atoms with Crippen molar-refractivity contribution in [2.45, 2.75) is 56.4 Å². The van der Waals surface area contributed by atoms with E-state index in [0.717, 1.165) is 35.7 Å². The Hall–Kier alpha value is 0.0900. The Kier molecular flexibility index (Phi) is 5.68. The summed E-state index contributed by atoms with van der Waals surface area (Å²) in [6.07, 6.45) is 6.49. The molecule has 0 heterocycles. The molecule has 0 unspecified atom stereocenters. The third-order valence-electron chi connectivity index (χ3n) is 3.68. The molecular weight excluding hydrogens is 406 g/mol. The van der Waals surface area contributed by atoms with Crippen LogP contribution < -0.4 is 4.72 Å². The van der Waals surface area contributed by atoms with E-state index in [1.165, 1.54) is 12.8 Å². The van der Waals surface area contributed by atoms with Crippen molar-refractivity contribution >= 4 is 41.9 Å². The molecule has 0 bridgehead atoms. The fourth-order valence-electron chi connectivity index (χ4n) is 2.51. The summed E-state index contributed by atoms with van der Waals surface area (Å²) in [7, 11) is -3.47. The number of halogens is 2. The molecule has 0 aliphatic heterocycles. The van der Waals surface area contributed by atoms with Gasteiger partial charge in [0, 0.05) is 15.0 Å². The maximum absolute atomic E-state index is 12.5. The van der Waals surface area contributed by atoms with Gasteiger partial charge in [-0.05, 0) is 53.4 Å². The Morgan fingerprint density at radius 2 is 1.65 bits per heavy atom. The van der Waals surface area contributed by atoms with Crippen molar-refractivity contribution in [3.8, 4) is 0 Å². The first-order valence-corrected chi connectivity index (χ1v) is 9.95. The summed E-state index contributed by atoms with van der Waals surface area (Å²) in [4.78, 5) is 0.305. The summed E-state index contributed by atoms with van der Waals surface area (Å²) in [5.74, 6) is 0. The largest absolute Gasteiger partial charge is 0.241 e. The lowest BCUT2D eigenvalue weighted by molar-refractivity contribution is 0.509. The summed E-state index contributed by atoms with van der Waals surface area (Å²) in [5.41, 5.74) is 1.00. The molecule has 6 heteroatoms. The van der Waals surface area contributed by atoms with E-state index in [1.54, 1.807) is 6.07 Å². The van der Waals surface area contributed by atoms with Crippen LogP contribution in [0.4, 0.5) is 0 Å². The molecule has 1 aliphatic rings. The van der Waals surface area contributed by atoms with Crippen molar-refractivity contribution in [1.82, 2.24) is 4.72 Å². The minimum Gasteiger partial charge on any atom is -0.208 e. The molecule has 0 aromatic heterocycles. The number of sulfonamides is 1. The molecule has 1 N–H and O–H groups in total. The zero-order chi connectivity index (χ0) is 14.8. The number of nitrogens with one attached hydrogen (secondary N) is 1. The number of benzene rings is 1. The number of aryl methyl sites for hydroxylation is 1. The van der Waals surface area contributed by atoms with Gasteiger partial charge in [0.15, 0.2) is 0 Å². The van der Waals surface area contributed by atoms with Crippen LogP contribution in [0.15, 0.2) is 26.0 Å². The SMILES string of the molecule is Cc1cc(Br)c(S(=O)(=O)NC2CCCCCC2)cc1Br. The molecule has 0 radical (unpaired) electrons. The van der Waals surface area contributed by atoms with Crippen LogP contribution in [0, 0.1) is 6.92 Å². The zero-order valence-electron chi connectivity index (χ0n) is 11.5. The van der Waals surface area contributed by atoms with Crippen LogP contribution in [0.3, 0.4) is 0 Å². The lowest BCUT2D eigenvalue weighted by Gasteiger charge is -2.17. The normalized spacial score (nSPS) is 17.9. The summed E-state index contributed by atoms with van der Waals surface area (Å²) in [6, 6.07) is 3.55. The van der Waals surface area contributed by atoms with Crippen LogP contribution in [0.2, 0.25) is 0 Å². The number of hydrogen-bond donors (Lipinski definition) is 1. The van der Waals surface area contributed by atoms with Gasteiger partial charge in [0.2, 0.25) is 10.0 Å². The second-order valence-corrected chi connectivity index (χ2v) is 8.73. The van der Waals surface area contributed by atoms with E-state index in [0.29, 0.717) is 9.37 Å². The van der Waals surface area contributed by atoms with Crippen molar-refractivity contribution in [2.75, 3.05) is 0 Å². The maximum Gasteiger partial charge on any atom is 0.241 e. The molecule has 0 saturated heterocycles. The summed E-state index contributed by atoms with van der Waals surface area (Å²) in [6.45, 7) is 1.93. The van der Waals surface area contributed by atoms with Crippen molar-refractivity contribution in [1.29, 1.82) is 0 Å². The highest BCUT2D eigenvalue weighted by molar-refractivity contribution is 9.11. The van der Waals surface area contributed by atoms with E-state index in [1.807, 2.05) is 13.0 Å². The van der Waals surface area contributed by atoms with Crippen LogP contribution in [0.25, 0.3) is 0 Å². The highest BCUT2D eigenvalue weighted by Crippen LogP contribution is 2.29. The second kappa shape index (κ2) is 6.90. The van der Waals surface area contributed by atoms with E-state index >= 15 is 0 Å². The van der Waals surface area contributed by atoms with E-state index in [2.05, 4.69) is 36.6 Å². The molecule has 0 amide bonds. The molecule has 1 aliphatic carbocycles. The third kappa shape index (κ3) is 4.06.